The van der Waals surface area contributed by atoms with Crippen molar-refractivity contribution in [3.63, 3.8) is 0 Å². The van der Waals surface area contributed by atoms with Crippen LogP contribution in [0.15, 0.2) is 30.3 Å². The molecule has 2 atom stereocenters. The van der Waals surface area contributed by atoms with E-state index in [1.807, 2.05) is 6.07 Å². The third kappa shape index (κ3) is 4.35. The molecule has 1 aliphatic heterocycles. The van der Waals surface area contributed by atoms with Gasteiger partial charge in [0.2, 0.25) is 5.91 Å². The van der Waals surface area contributed by atoms with Gasteiger partial charge in [-0.2, -0.15) is 0 Å². The van der Waals surface area contributed by atoms with E-state index in [0.717, 1.165) is 5.56 Å². The van der Waals surface area contributed by atoms with E-state index in [4.69, 9.17) is 0 Å². The van der Waals surface area contributed by atoms with Gasteiger partial charge in [-0.1, -0.05) is 30.3 Å². The summed E-state index contributed by atoms with van der Waals surface area (Å²) in [6.07, 6.45) is 0.0848. The summed E-state index contributed by atoms with van der Waals surface area (Å²) < 4.78 is 32.6. The van der Waals surface area contributed by atoms with E-state index in [-0.39, 0.29) is 62.1 Å². The van der Waals surface area contributed by atoms with E-state index < -0.39 is 34.2 Å². The minimum atomic E-state index is -4.81. The Morgan fingerprint density at radius 3 is 2.38 bits per heavy atom. The summed E-state index contributed by atoms with van der Waals surface area (Å²) in [6.45, 7) is 1.39. The Morgan fingerprint density at radius 2 is 1.90 bits per heavy atom. The van der Waals surface area contributed by atoms with Gasteiger partial charge in [0.15, 0.2) is 10.3 Å². The van der Waals surface area contributed by atoms with Crippen molar-refractivity contribution in [2.45, 2.75) is 25.4 Å². The van der Waals surface area contributed by atoms with Gasteiger partial charge < -0.3 is 9.87 Å². The molecule has 0 radical (unpaired) electrons. The second-order valence-corrected chi connectivity index (χ2v) is 5.79. The molecule has 0 saturated carbocycles. The second kappa shape index (κ2) is 7.31. The van der Waals surface area contributed by atoms with Crippen LogP contribution in [0.1, 0.15) is 12.5 Å². The average Bonchev–Trinajstić information content (AvgIpc) is 2.36. The predicted molar refractivity (Wildman–Crippen MR) is 68.1 cm³/mol. The van der Waals surface area contributed by atoms with Crippen LogP contribution in [0.2, 0.25) is 0 Å². The summed E-state index contributed by atoms with van der Waals surface area (Å²) in [5.74, 6) is -1.29. The fourth-order valence-electron chi connectivity index (χ4n) is 2.10. The number of carbonyl (C=O) groups excluding carboxylic acids is 2. The third-order valence-electron chi connectivity index (χ3n) is 3.10. The number of hydrogen-bond acceptors (Lipinski definition) is 5. The molecule has 1 saturated heterocycles. The molecular weight excluding hydrogens is 323 g/mol. The van der Waals surface area contributed by atoms with Crippen molar-refractivity contribution in [1.29, 1.82) is 0 Å². The molecule has 9 heteroatoms. The van der Waals surface area contributed by atoms with E-state index in [0.29, 0.717) is 0 Å². The number of hydrogen-bond donors (Lipinski definition) is 1. The summed E-state index contributed by atoms with van der Waals surface area (Å²) in [5.41, 5.74) is 0.776. The van der Waals surface area contributed by atoms with Crippen LogP contribution in [0.3, 0.4) is 0 Å². The van der Waals surface area contributed by atoms with Crippen molar-refractivity contribution in [2.24, 2.45) is 0 Å². The van der Waals surface area contributed by atoms with E-state index in [2.05, 4.69) is 5.32 Å². The van der Waals surface area contributed by atoms with Gasteiger partial charge in [-0.15, -0.1) is 0 Å². The minimum absolute atomic E-state index is 0. The van der Waals surface area contributed by atoms with Gasteiger partial charge in [-0.25, -0.2) is 12.7 Å². The van der Waals surface area contributed by atoms with E-state index >= 15 is 0 Å². The summed E-state index contributed by atoms with van der Waals surface area (Å²) in [7, 11) is -4.81. The summed E-state index contributed by atoms with van der Waals surface area (Å²) in [6, 6.07) is 7.09. The summed E-state index contributed by atoms with van der Waals surface area (Å²) in [5, 5.41) is 2.43. The van der Waals surface area contributed by atoms with Crippen LogP contribution in [0.4, 0.5) is 0 Å². The van der Waals surface area contributed by atoms with Crippen LogP contribution in [-0.2, 0) is 26.3 Å². The van der Waals surface area contributed by atoms with Crippen LogP contribution in [0.25, 0.3) is 0 Å². The van der Waals surface area contributed by atoms with Gasteiger partial charge in [0.1, 0.15) is 6.04 Å². The molecule has 1 aromatic carbocycles. The SMILES string of the molecule is C[C@H]1[C@H](NC(=O)Cc2ccccc2)C(=O)N1S(=O)(=O)[O-].[K+]. The molecule has 7 nitrogen and oxygen atoms in total. The molecular formula is C12H13KN2O5S. The van der Waals surface area contributed by atoms with Crippen molar-refractivity contribution in [3.05, 3.63) is 35.9 Å². The maximum absolute atomic E-state index is 11.8. The van der Waals surface area contributed by atoms with Crippen molar-refractivity contribution in [2.75, 3.05) is 0 Å². The standard InChI is InChI=1S/C12H14N2O5S.K/c1-8-11(12(16)14(8)20(17,18)19)13-10(15)7-9-5-3-2-4-6-9;/h2-6,8,11H,7H2,1H3,(H,13,15)(H,17,18,19);/q;+1/p-1/t8-,11-;/m0./s1. The predicted octanol–water partition coefficient (Wildman–Crippen LogP) is -3.59. The summed E-state index contributed by atoms with van der Waals surface area (Å²) >= 11 is 0. The Balaban J connectivity index is 0.00000220. The van der Waals surface area contributed by atoms with E-state index in [1.54, 1.807) is 24.3 Å². The van der Waals surface area contributed by atoms with Gasteiger partial charge in [0.25, 0.3) is 5.91 Å². The first kappa shape index (κ1) is 18.8. The zero-order valence-corrected chi connectivity index (χ0v) is 15.6. The Labute approximate surface area is 165 Å². The third-order valence-corrected chi connectivity index (χ3v) is 4.09. The average molecular weight is 336 g/mol. The molecule has 0 aromatic heterocycles. The molecule has 1 N–H and O–H groups in total. The summed E-state index contributed by atoms with van der Waals surface area (Å²) in [4.78, 5) is 23.3. The van der Waals surface area contributed by atoms with Crippen molar-refractivity contribution >= 4 is 22.1 Å². The number of carbonyl (C=O) groups is 2. The van der Waals surface area contributed by atoms with Gasteiger partial charge >= 0.3 is 51.4 Å². The molecule has 108 valence electrons. The van der Waals surface area contributed by atoms with Crippen LogP contribution in [0.5, 0.6) is 0 Å². The molecule has 1 aliphatic rings. The molecule has 21 heavy (non-hydrogen) atoms. The molecule has 0 unspecified atom stereocenters. The van der Waals surface area contributed by atoms with E-state index in [9.17, 15) is 22.6 Å². The molecule has 1 heterocycles. The van der Waals surface area contributed by atoms with Gasteiger partial charge in [0.05, 0.1) is 12.5 Å². The fourth-order valence-corrected chi connectivity index (χ4v) is 2.96. The molecule has 0 bridgehead atoms. The van der Waals surface area contributed by atoms with Crippen molar-refractivity contribution in [3.8, 4) is 0 Å². The van der Waals surface area contributed by atoms with E-state index in [1.165, 1.54) is 6.92 Å². The van der Waals surface area contributed by atoms with Crippen molar-refractivity contribution < 1.29 is 73.9 Å². The van der Waals surface area contributed by atoms with Crippen LogP contribution in [-0.4, -0.2) is 41.2 Å². The first-order valence-electron chi connectivity index (χ1n) is 5.93. The Hall–Kier alpha value is -0.294. The van der Waals surface area contributed by atoms with Crippen LogP contribution < -0.4 is 56.7 Å². The number of rotatable bonds is 4. The van der Waals surface area contributed by atoms with Gasteiger partial charge in [-0.05, 0) is 12.5 Å². The van der Waals surface area contributed by atoms with Gasteiger partial charge in [-0.3, -0.25) is 9.59 Å². The van der Waals surface area contributed by atoms with Crippen LogP contribution in [0, 0.1) is 0 Å². The Morgan fingerprint density at radius 1 is 1.33 bits per heavy atom. The first-order chi connectivity index (χ1) is 9.30. The molecule has 2 amide bonds. The zero-order chi connectivity index (χ0) is 14.9. The normalized spacial score (nSPS) is 21.2. The maximum atomic E-state index is 11.8. The molecule has 0 aliphatic carbocycles. The second-order valence-electron chi connectivity index (χ2n) is 4.54. The molecule has 0 spiro atoms. The quantitative estimate of drug-likeness (QED) is 0.347. The Bertz CT molecular complexity index is 634. The fraction of sp³-hybridized carbons (Fsp3) is 0.333. The minimum Gasteiger partial charge on any atom is -0.731 e. The molecule has 1 aromatic rings. The van der Waals surface area contributed by atoms with Crippen molar-refractivity contribution in [1.82, 2.24) is 9.62 Å². The maximum Gasteiger partial charge on any atom is 1.00 e. The van der Waals surface area contributed by atoms with Crippen LogP contribution >= 0.6 is 0 Å². The zero-order valence-electron chi connectivity index (χ0n) is 11.6. The smallest absolute Gasteiger partial charge is 0.731 e. The number of β-lactam (4-membered cyclic amide) rings is 1. The number of amides is 2. The number of nitrogens with zero attached hydrogens (tertiary/aromatic N) is 1. The topological polar surface area (TPSA) is 107 Å². The number of benzene rings is 1. The molecule has 1 fully saturated rings. The number of nitrogens with one attached hydrogen (secondary N) is 1. The molecule has 2 rings (SSSR count). The Kier molecular flexibility index (Phi) is 6.53. The van der Waals surface area contributed by atoms with Gasteiger partial charge in [0, 0.05) is 0 Å². The largest absolute Gasteiger partial charge is 1.00 e. The monoisotopic (exact) mass is 336 g/mol. The first-order valence-corrected chi connectivity index (χ1v) is 7.29.